The molecule has 0 amide bonds. The number of anilines is 5. The average molecular weight is 1070 g/mol. The van der Waals surface area contributed by atoms with Crippen molar-refractivity contribution in [1.29, 1.82) is 0 Å². The second-order valence-electron chi connectivity index (χ2n) is 27.1. The van der Waals surface area contributed by atoms with E-state index in [0.29, 0.717) is 0 Å². The van der Waals surface area contributed by atoms with Crippen LogP contribution in [0.4, 0.5) is 28.4 Å². The molecule has 6 heteroatoms. The van der Waals surface area contributed by atoms with Crippen LogP contribution < -0.4 is 20.8 Å². The second-order valence-corrected chi connectivity index (χ2v) is 27.1. The van der Waals surface area contributed by atoms with E-state index >= 15 is 0 Å². The van der Waals surface area contributed by atoms with Gasteiger partial charge in [0.05, 0.1) is 11.4 Å². The Morgan fingerprint density at radius 1 is 0.439 bits per heavy atom. The van der Waals surface area contributed by atoms with Gasteiger partial charge in [-0.3, -0.25) is 0 Å². The Bertz CT molecular complexity index is 4630. The van der Waals surface area contributed by atoms with Gasteiger partial charge in [0, 0.05) is 66.8 Å². The van der Waals surface area contributed by atoms with Crippen molar-refractivity contribution < 1.29 is 13.3 Å². The Morgan fingerprint density at radius 2 is 1.01 bits per heavy atom. The van der Waals surface area contributed by atoms with Crippen molar-refractivity contribution in [2.75, 3.05) is 9.71 Å². The second kappa shape index (κ2) is 17.4. The number of benzene rings is 9. The fourth-order valence-electron chi connectivity index (χ4n) is 15.2. The Morgan fingerprint density at radius 3 is 1.68 bits per heavy atom. The predicted molar refractivity (Wildman–Crippen MR) is 345 cm³/mol. The summed E-state index contributed by atoms with van der Waals surface area (Å²) >= 11 is 0. The van der Waals surface area contributed by atoms with Gasteiger partial charge in [0.15, 0.2) is 0 Å². The number of unbranched alkanes of at least 4 members (excludes halogenated alkanes) is 1. The Balaban J connectivity index is 1.07. The highest BCUT2D eigenvalue weighted by molar-refractivity contribution is 6.93. The summed E-state index contributed by atoms with van der Waals surface area (Å²) in [4.78, 5) is 5.19. The first-order chi connectivity index (χ1) is 39.6. The van der Waals surface area contributed by atoms with Crippen LogP contribution in [0.2, 0.25) is 0 Å². The predicted octanol–water partition coefficient (Wildman–Crippen LogP) is 20.3. The van der Waals surface area contributed by atoms with Gasteiger partial charge < -0.3 is 23.0 Å². The van der Waals surface area contributed by atoms with Gasteiger partial charge in [0.1, 0.15) is 33.6 Å². The third kappa shape index (κ3) is 7.18. The van der Waals surface area contributed by atoms with Crippen LogP contribution in [0.5, 0.6) is 0 Å². The van der Waals surface area contributed by atoms with Gasteiger partial charge >= 0.3 is 6.85 Å². The lowest BCUT2D eigenvalue weighted by molar-refractivity contribution is 0.332. The number of aryl methyl sites for hydroxylation is 1. The van der Waals surface area contributed by atoms with Crippen LogP contribution in [0, 0.1) is 0 Å². The minimum atomic E-state index is -0.422. The normalized spacial score (nSPS) is 17.1. The van der Waals surface area contributed by atoms with Gasteiger partial charge in [-0.1, -0.05) is 166 Å². The SMILES string of the molecule is CCCCc1ccc(N2c3cc4c(oc5ccccc54)c4c3B(c3oc5cc6c(cc5c32)C(C)(C)CCC6(C)C)N(c2ccc(-c3ccccc3)cc2)c2cc3oc5cc6c(cc5c3cc2-4)C(C)(C)CCC6(C)C)c(-c2ccccc2)c1. The van der Waals surface area contributed by atoms with Gasteiger partial charge in [-0.05, 0) is 177 Å². The average Bonchev–Trinajstić information content (AvgIpc) is 3.62. The maximum atomic E-state index is 7.87. The number of rotatable bonds is 7. The summed E-state index contributed by atoms with van der Waals surface area (Å²) < 4.78 is 22.4. The Hall–Kier alpha value is -8.22. The van der Waals surface area contributed by atoms with Crippen molar-refractivity contribution in [2.24, 2.45) is 0 Å². The first-order valence-corrected chi connectivity index (χ1v) is 30.2. The fourth-order valence-corrected chi connectivity index (χ4v) is 15.2. The molecule has 2 aliphatic heterocycles. The van der Waals surface area contributed by atoms with Crippen LogP contribution in [0.1, 0.15) is 129 Å². The van der Waals surface area contributed by atoms with Crippen LogP contribution in [0.3, 0.4) is 0 Å². The highest BCUT2D eigenvalue weighted by atomic mass is 16.3. The molecule has 2 aliphatic carbocycles. The molecule has 404 valence electrons. The van der Waals surface area contributed by atoms with Gasteiger partial charge in [0.25, 0.3) is 0 Å². The van der Waals surface area contributed by atoms with Gasteiger partial charge in [-0.25, -0.2) is 0 Å². The first-order valence-electron chi connectivity index (χ1n) is 30.2. The quantitative estimate of drug-likeness (QED) is 0.149. The zero-order valence-corrected chi connectivity index (χ0v) is 48.8. The molecule has 0 spiro atoms. The minimum Gasteiger partial charge on any atom is -0.466 e. The zero-order chi connectivity index (χ0) is 55.8. The first kappa shape index (κ1) is 49.6. The summed E-state index contributed by atoms with van der Waals surface area (Å²) in [5.74, 6) is 0. The third-order valence-electron chi connectivity index (χ3n) is 20.1. The molecule has 0 atom stereocenters. The van der Waals surface area contributed by atoms with E-state index in [2.05, 4.69) is 242 Å². The lowest BCUT2D eigenvalue weighted by atomic mass is 9.45. The van der Waals surface area contributed by atoms with Crippen LogP contribution in [0.15, 0.2) is 183 Å². The van der Waals surface area contributed by atoms with Gasteiger partial charge in [0.2, 0.25) is 0 Å². The largest absolute Gasteiger partial charge is 0.466 e. The van der Waals surface area contributed by atoms with Crippen LogP contribution >= 0.6 is 0 Å². The number of furan rings is 3. The van der Waals surface area contributed by atoms with E-state index in [1.165, 1.54) is 50.1 Å². The molecule has 0 saturated heterocycles. The number of hydrogen-bond donors (Lipinski definition) is 0. The zero-order valence-electron chi connectivity index (χ0n) is 48.8. The molecule has 0 unspecified atom stereocenters. The summed E-state index contributed by atoms with van der Waals surface area (Å²) in [6.45, 7) is 21.2. The molecule has 3 aromatic heterocycles. The van der Waals surface area contributed by atoms with Crippen molar-refractivity contribution in [3.8, 4) is 33.4 Å². The highest BCUT2D eigenvalue weighted by Gasteiger charge is 2.51. The molecule has 0 radical (unpaired) electrons. The number of nitrogens with zero attached hydrogens (tertiary/aromatic N) is 2. The molecular weight excluding hydrogens is 1000 g/mol. The van der Waals surface area contributed by atoms with Crippen LogP contribution in [-0.2, 0) is 28.1 Å². The summed E-state index contributed by atoms with van der Waals surface area (Å²) in [6, 6.07) is 63.9. The Kier molecular flexibility index (Phi) is 10.5. The van der Waals surface area contributed by atoms with E-state index in [4.69, 9.17) is 13.3 Å². The van der Waals surface area contributed by atoms with Crippen LogP contribution in [0.25, 0.3) is 88.2 Å². The molecule has 0 N–H and O–H groups in total. The van der Waals surface area contributed by atoms with E-state index in [1.54, 1.807) is 0 Å². The molecule has 5 nitrogen and oxygen atoms in total. The molecular formula is C76H69BN2O3. The van der Waals surface area contributed by atoms with Crippen molar-refractivity contribution in [2.45, 2.75) is 129 Å². The molecule has 0 bridgehead atoms. The Labute approximate surface area is 481 Å². The van der Waals surface area contributed by atoms with Gasteiger partial charge in [-0.15, -0.1) is 0 Å². The van der Waals surface area contributed by atoms with Gasteiger partial charge in [-0.2, -0.15) is 0 Å². The summed E-state index contributed by atoms with van der Waals surface area (Å²) in [7, 11) is 0. The van der Waals surface area contributed by atoms with E-state index in [0.717, 1.165) is 150 Å². The number of para-hydroxylation sites is 1. The molecule has 4 aliphatic rings. The van der Waals surface area contributed by atoms with E-state index in [9.17, 15) is 0 Å². The molecule has 0 saturated carbocycles. The van der Waals surface area contributed by atoms with Crippen LogP contribution in [-0.4, -0.2) is 6.85 Å². The van der Waals surface area contributed by atoms with E-state index < -0.39 is 6.85 Å². The molecule has 82 heavy (non-hydrogen) atoms. The monoisotopic (exact) mass is 1070 g/mol. The lowest BCUT2D eigenvalue weighted by Gasteiger charge is -2.44. The highest BCUT2D eigenvalue weighted by Crippen LogP contribution is 2.57. The fraction of sp³-hybridized carbons (Fsp3) is 0.263. The topological polar surface area (TPSA) is 45.9 Å². The lowest BCUT2D eigenvalue weighted by Crippen LogP contribution is -2.61. The number of hydrogen-bond acceptors (Lipinski definition) is 5. The maximum Gasteiger partial charge on any atom is 0.376 e. The molecule has 16 rings (SSSR count). The molecule has 0 fully saturated rings. The summed E-state index contributed by atoms with van der Waals surface area (Å²) in [5, 5.41) is 5.58. The third-order valence-corrected chi connectivity index (χ3v) is 20.1. The van der Waals surface area contributed by atoms with E-state index in [-0.39, 0.29) is 21.7 Å². The van der Waals surface area contributed by atoms with Crippen molar-refractivity contribution in [3.63, 3.8) is 0 Å². The molecule has 12 aromatic rings. The summed E-state index contributed by atoms with van der Waals surface area (Å²) in [5.41, 5.74) is 25.8. The number of fused-ring (bicyclic) bond motifs is 15. The summed E-state index contributed by atoms with van der Waals surface area (Å²) in [6.07, 6.45) is 7.76. The van der Waals surface area contributed by atoms with Crippen molar-refractivity contribution >= 4 is 101 Å². The van der Waals surface area contributed by atoms with Crippen molar-refractivity contribution in [1.82, 2.24) is 0 Å². The minimum absolute atomic E-state index is 0.0249. The maximum absolute atomic E-state index is 7.87. The van der Waals surface area contributed by atoms with Crippen molar-refractivity contribution in [3.05, 3.63) is 198 Å². The van der Waals surface area contributed by atoms with E-state index in [1.807, 2.05) is 0 Å². The standard InChI is InChI=1S/C76H69BN2O3/c1-10-11-20-45-27-32-61(51(37-45)48-23-16-13-17-24-48)78-63-41-54-50-25-18-19-26-64(50)81-71(54)68-55-38-52-53-39-57-59(75(6,7)35-33-73(57,2)3)42-65(53)80-67(52)44-62(55)79(49-30-28-47(29-31-49)46-21-14-12-15-22-46)77(69(63)68)72-70(78)56-40-58-60(43-66(56)82-72)76(8,9)36-34-74(58,4)5/h12-19,21-32,37-44H,10-11,20,33-36H2,1-9H3. The molecule has 5 heterocycles. The smallest absolute Gasteiger partial charge is 0.376 e. The molecule has 9 aromatic carbocycles.